The first-order valence-electron chi connectivity index (χ1n) is 6.59. The summed E-state index contributed by atoms with van der Waals surface area (Å²) < 4.78 is 10.6. The normalized spacial score (nSPS) is 10.9. The van der Waals surface area contributed by atoms with E-state index in [1.807, 2.05) is 52.0 Å². The Morgan fingerprint density at radius 3 is 2.37 bits per heavy atom. The second kappa shape index (κ2) is 7.02. The molecule has 0 aliphatic carbocycles. The molecule has 4 heteroatoms. The lowest BCUT2D eigenvalue weighted by atomic mass is 10.2. The van der Waals surface area contributed by atoms with Crippen molar-refractivity contribution in [3.63, 3.8) is 0 Å². The van der Waals surface area contributed by atoms with Crippen molar-refractivity contribution in [2.24, 2.45) is 0 Å². The molecule has 1 aromatic rings. The van der Waals surface area contributed by atoms with Crippen LogP contribution in [0.3, 0.4) is 0 Å². The van der Waals surface area contributed by atoms with E-state index in [2.05, 4.69) is 5.32 Å². The molecule has 1 aromatic carbocycles. The third kappa shape index (κ3) is 6.70. The van der Waals surface area contributed by atoms with Crippen LogP contribution >= 0.6 is 0 Å². The summed E-state index contributed by atoms with van der Waals surface area (Å²) in [6.07, 6.45) is 0.352. The van der Waals surface area contributed by atoms with Gasteiger partial charge in [0.15, 0.2) is 0 Å². The van der Waals surface area contributed by atoms with Crippen LogP contribution in [-0.2, 0) is 9.53 Å². The largest absolute Gasteiger partial charge is 0.494 e. The Morgan fingerprint density at radius 2 is 1.84 bits per heavy atom. The lowest BCUT2D eigenvalue weighted by molar-refractivity contribution is -0.154. The first-order chi connectivity index (χ1) is 8.90. The van der Waals surface area contributed by atoms with Crippen molar-refractivity contribution in [1.82, 2.24) is 0 Å². The number of carbonyl (C=O) groups is 1. The zero-order chi connectivity index (χ0) is 14.3. The van der Waals surface area contributed by atoms with Gasteiger partial charge in [-0.3, -0.25) is 4.79 Å². The third-order valence-corrected chi connectivity index (χ3v) is 2.24. The van der Waals surface area contributed by atoms with Gasteiger partial charge in [-0.2, -0.15) is 0 Å². The molecule has 0 bridgehead atoms. The summed E-state index contributed by atoms with van der Waals surface area (Å²) in [5, 5.41) is 3.17. The van der Waals surface area contributed by atoms with Crippen molar-refractivity contribution in [3.05, 3.63) is 24.3 Å². The van der Waals surface area contributed by atoms with Crippen molar-refractivity contribution in [2.45, 2.75) is 39.7 Å². The standard InChI is InChI=1S/C15H23NO3/c1-5-18-13-8-6-12(7-9-13)16-11-10-14(17)19-15(2,3)4/h6-9,16H,5,10-11H2,1-4H3. The Morgan fingerprint density at radius 1 is 1.21 bits per heavy atom. The minimum atomic E-state index is -0.420. The van der Waals surface area contributed by atoms with Gasteiger partial charge in [0.2, 0.25) is 0 Å². The maximum Gasteiger partial charge on any atom is 0.308 e. The van der Waals surface area contributed by atoms with E-state index in [1.54, 1.807) is 0 Å². The summed E-state index contributed by atoms with van der Waals surface area (Å²) in [7, 11) is 0. The van der Waals surface area contributed by atoms with Crippen molar-refractivity contribution in [3.8, 4) is 5.75 Å². The van der Waals surface area contributed by atoms with Crippen LogP contribution in [0.2, 0.25) is 0 Å². The van der Waals surface area contributed by atoms with E-state index in [4.69, 9.17) is 9.47 Å². The summed E-state index contributed by atoms with van der Waals surface area (Å²) in [6, 6.07) is 7.67. The number of anilines is 1. The van der Waals surface area contributed by atoms with Crippen LogP contribution in [0.4, 0.5) is 5.69 Å². The number of benzene rings is 1. The van der Waals surface area contributed by atoms with Crippen LogP contribution in [0.1, 0.15) is 34.1 Å². The molecule has 0 aliphatic rings. The molecule has 0 saturated heterocycles. The fourth-order valence-corrected chi connectivity index (χ4v) is 1.54. The van der Waals surface area contributed by atoms with Gasteiger partial charge in [0.05, 0.1) is 13.0 Å². The average molecular weight is 265 g/mol. The van der Waals surface area contributed by atoms with E-state index in [1.165, 1.54) is 0 Å². The number of esters is 1. The SMILES string of the molecule is CCOc1ccc(NCCC(=O)OC(C)(C)C)cc1. The monoisotopic (exact) mass is 265 g/mol. The lowest BCUT2D eigenvalue weighted by Crippen LogP contribution is -2.25. The molecule has 19 heavy (non-hydrogen) atoms. The van der Waals surface area contributed by atoms with E-state index in [9.17, 15) is 4.79 Å². The van der Waals surface area contributed by atoms with Gasteiger partial charge in [-0.05, 0) is 52.0 Å². The van der Waals surface area contributed by atoms with E-state index >= 15 is 0 Å². The zero-order valence-corrected chi connectivity index (χ0v) is 12.2. The zero-order valence-electron chi connectivity index (χ0n) is 12.2. The molecule has 0 aromatic heterocycles. The number of ether oxygens (including phenoxy) is 2. The predicted molar refractivity (Wildman–Crippen MR) is 76.6 cm³/mol. The summed E-state index contributed by atoms with van der Waals surface area (Å²) in [5.41, 5.74) is 0.544. The van der Waals surface area contributed by atoms with Gasteiger partial charge >= 0.3 is 5.97 Å². The Kier molecular flexibility index (Phi) is 5.67. The number of nitrogens with one attached hydrogen (secondary N) is 1. The summed E-state index contributed by atoms with van der Waals surface area (Å²) in [5.74, 6) is 0.658. The smallest absolute Gasteiger partial charge is 0.308 e. The molecule has 0 saturated carbocycles. The highest BCUT2D eigenvalue weighted by molar-refractivity contribution is 5.70. The van der Waals surface area contributed by atoms with Crippen LogP contribution in [0.5, 0.6) is 5.75 Å². The minimum Gasteiger partial charge on any atom is -0.494 e. The Balaban J connectivity index is 2.31. The molecule has 0 spiro atoms. The number of carbonyl (C=O) groups excluding carboxylic acids is 1. The number of hydrogen-bond donors (Lipinski definition) is 1. The molecule has 106 valence electrons. The average Bonchev–Trinajstić information content (AvgIpc) is 2.29. The van der Waals surface area contributed by atoms with Crippen LogP contribution in [0.15, 0.2) is 24.3 Å². The maximum absolute atomic E-state index is 11.5. The van der Waals surface area contributed by atoms with Crippen LogP contribution < -0.4 is 10.1 Å². The van der Waals surface area contributed by atoms with Gasteiger partial charge in [0.25, 0.3) is 0 Å². The van der Waals surface area contributed by atoms with E-state index in [0.29, 0.717) is 19.6 Å². The van der Waals surface area contributed by atoms with Crippen molar-refractivity contribution in [2.75, 3.05) is 18.5 Å². The molecular formula is C15H23NO3. The molecule has 1 rings (SSSR count). The molecule has 0 aliphatic heterocycles. The van der Waals surface area contributed by atoms with Crippen LogP contribution in [-0.4, -0.2) is 24.7 Å². The molecule has 0 radical (unpaired) electrons. The summed E-state index contributed by atoms with van der Waals surface area (Å²) >= 11 is 0. The van der Waals surface area contributed by atoms with Gasteiger partial charge in [-0.25, -0.2) is 0 Å². The first-order valence-corrected chi connectivity index (χ1v) is 6.59. The van der Waals surface area contributed by atoms with Gasteiger partial charge in [-0.15, -0.1) is 0 Å². The summed E-state index contributed by atoms with van der Waals surface area (Å²) in [6.45, 7) is 8.77. The number of hydrogen-bond acceptors (Lipinski definition) is 4. The first kappa shape index (κ1) is 15.3. The van der Waals surface area contributed by atoms with E-state index < -0.39 is 5.60 Å². The molecule has 0 atom stereocenters. The molecule has 0 fully saturated rings. The van der Waals surface area contributed by atoms with Crippen LogP contribution in [0, 0.1) is 0 Å². The highest BCUT2D eigenvalue weighted by atomic mass is 16.6. The second-order valence-corrected chi connectivity index (χ2v) is 5.22. The van der Waals surface area contributed by atoms with Crippen molar-refractivity contribution in [1.29, 1.82) is 0 Å². The van der Waals surface area contributed by atoms with Gasteiger partial charge in [0.1, 0.15) is 11.4 Å². The Hall–Kier alpha value is -1.71. The third-order valence-electron chi connectivity index (χ3n) is 2.24. The molecule has 4 nitrogen and oxygen atoms in total. The molecule has 0 amide bonds. The van der Waals surface area contributed by atoms with E-state index in [0.717, 1.165) is 11.4 Å². The van der Waals surface area contributed by atoms with Crippen molar-refractivity contribution < 1.29 is 14.3 Å². The van der Waals surface area contributed by atoms with Gasteiger partial charge in [0, 0.05) is 12.2 Å². The van der Waals surface area contributed by atoms with Gasteiger partial charge < -0.3 is 14.8 Å². The predicted octanol–water partition coefficient (Wildman–Crippen LogP) is 3.23. The molecule has 1 N–H and O–H groups in total. The molecular weight excluding hydrogens is 242 g/mol. The van der Waals surface area contributed by atoms with Crippen LogP contribution in [0.25, 0.3) is 0 Å². The van der Waals surface area contributed by atoms with E-state index in [-0.39, 0.29) is 5.97 Å². The fraction of sp³-hybridized carbons (Fsp3) is 0.533. The lowest BCUT2D eigenvalue weighted by Gasteiger charge is -2.19. The minimum absolute atomic E-state index is 0.189. The fourth-order valence-electron chi connectivity index (χ4n) is 1.54. The topological polar surface area (TPSA) is 47.6 Å². The quantitative estimate of drug-likeness (QED) is 0.802. The highest BCUT2D eigenvalue weighted by Gasteiger charge is 2.15. The Bertz CT molecular complexity index is 393. The van der Waals surface area contributed by atoms with Gasteiger partial charge in [-0.1, -0.05) is 0 Å². The van der Waals surface area contributed by atoms with Crippen molar-refractivity contribution >= 4 is 11.7 Å². The number of rotatable bonds is 6. The maximum atomic E-state index is 11.5. The highest BCUT2D eigenvalue weighted by Crippen LogP contribution is 2.15. The molecule has 0 unspecified atom stereocenters. The summed E-state index contributed by atoms with van der Waals surface area (Å²) in [4.78, 5) is 11.5. The second-order valence-electron chi connectivity index (χ2n) is 5.22. The Labute approximate surface area is 115 Å². The molecule has 0 heterocycles.